The molecule has 1 amide bonds. The number of aliphatic hydroxyl groups is 1. The molecule has 0 radical (unpaired) electrons. The summed E-state index contributed by atoms with van der Waals surface area (Å²) in [5, 5.41) is 9.24. The molecule has 0 bridgehead atoms. The standard InChI is InChI=1S/C14H28N2O3/c1-10-7-15(12(3)9-17)8-11(2)16(10)13(18)19-14(4,5)6/h10-12,17H,7-9H2,1-6H3/t10?,11?,12-/m0/s1. The molecule has 1 heterocycles. The van der Waals surface area contributed by atoms with Crippen molar-refractivity contribution in [2.75, 3.05) is 19.7 Å². The van der Waals surface area contributed by atoms with Gasteiger partial charge in [0.2, 0.25) is 0 Å². The maximum atomic E-state index is 12.2. The van der Waals surface area contributed by atoms with Gasteiger partial charge in [-0.3, -0.25) is 4.90 Å². The Hall–Kier alpha value is -0.810. The molecule has 19 heavy (non-hydrogen) atoms. The van der Waals surface area contributed by atoms with E-state index >= 15 is 0 Å². The molecule has 1 rings (SSSR count). The molecule has 5 heteroatoms. The third-order valence-electron chi connectivity index (χ3n) is 3.44. The van der Waals surface area contributed by atoms with Gasteiger partial charge in [-0.15, -0.1) is 0 Å². The fraction of sp³-hybridized carbons (Fsp3) is 0.929. The van der Waals surface area contributed by atoms with Crippen molar-refractivity contribution in [2.45, 2.75) is 65.3 Å². The van der Waals surface area contributed by atoms with Crippen LogP contribution < -0.4 is 0 Å². The zero-order valence-electron chi connectivity index (χ0n) is 13.0. The Kier molecular flexibility index (Phi) is 5.21. The third-order valence-corrected chi connectivity index (χ3v) is 3.44. The van der Waals surface area contributed by atoms with E-state index in [1.807, 2.05) is 46.4 Å². The molecule has 1 aliphatic rings. The minimum Gasteiger partial charge on any atom is -0.444 e. The highest BCUT2D eigenvalue weighted by atomic mass is 16.6. The molecule has 5 nitrogen and oxygen atoms in total. The Morgan fingerprint density at radius 3 is 2.16 bits per heavy atom. The van der Waals surface area contributed by atoms with E-state index in [-0.39, 0.29) is 30.8 Å². The summed E-state index contributed by atoms with van der Waals surface area (Å²) < 4.78 is 5.46. The molecule has 1 saturated heterocycles. The summed E-state index contributed by atoms with van der Waals surface area (Å²) in [6.45, 7) is 13.4. The number of rotatable bonds is 2. The molecule has 3 atom stereocenters. The van der Waals surface area contributed by atoms with Crippen LogP contribution >= 0.6 is 0 Å². The van der Waals surface area contributed by atoms with Gasteiger partial charge in [0.25, 0.3) is 0 Å². The molecule has 0 aromatic carbocycles. The molecule has 0 spiro atoms. The quantitative estimate of drug-likeness (QED) is 0.831. The average Bonchev–Trinajstić information content (AvgIpc) is 2.24. The second-order valence-corrected chi connectivity index (χ2v) is 6.57. The van der Waals surface area contributed by atoms with Crippen LogP contribution in [0.2, 0.25) is 0 Å². The largest absolute Gasteiger partial charge is 0.444 e. The lowest BCUT2D eigenvalue weighted by molar-refractivity contribution is -0.0253. The van der Waals surface area contributed by atoms with E-state index in [0.717, 1.165) is 13.1 Å². The number of carbonyl (C=O) groups is 1. The lowest BCUT2D eigenvalue weighted by Crippen LogP contribution is -2.61. The Morgan fingerprint density at radius 2 is 1.79 bits per heavy atom. The van der Waals surface area contributed by atoms with Crippen LogP contribution in [0.5, 0.6) is 0 Å². The van der Waals surface area contributed by atoms with Crippen LogP contribution in [0.3, 0.4) is 0 Å². The summed E-state index contributed by atoms with van der Waals surface area (Å²) in [5.74, 6) is 0. The summed E-state index contributed by atoms with van der Waals surface area (Å²) in [7, 11) is 0. The van der Waals surface area contributed by atoms with Crippen LogP contribution in [0.15, 0.2) is 0 Å². The van der Waals surface area contributed by atoms with Crippen molar-refractivity contribution in [3.8, 4) is 0 Å². The van der Waals surface area contributed by atoms with Crippen LogP contribution in [0.4, 0.5) is 4.79 Å². The maximum absolute atomic E-state index is 12.2. The molecular formula is C14H28N2O3. The normalized spacial score (nSPS) is 27.2. The number of nitrogens with zero attached hydrogens (tertiary/aromatic N) is 2. The SMILES string of the molecule is CC1CN([C@@H](C)CO)CC(C)N1C(=O)OC(C)(C)C. The van der Waals surface area contributed by atoms with E-state index in [9.17, 15) is 9.90 Å². The second-order valence-electron chi connectivity index (χ2n) is 6.57. The number of hydrogen-bond donors (Lipinski definition) is 1. The fourth-order valence-electron chi connectivity index (χ4n) is 2.51. The van der Waals surface area contributed by atoms with E-state index in [4.69, 9.17) is 4.74 Å². The lowest BCUT2D eigenvalue weighted by atomic mass is 10.1. The van der Waals surface area contributed by atoms with Gasteiger partial charge >= 0.3 is 6.09 Å². The minimum absolute atomic E-state index is 0.0904. The van der Waals surface area contributed by atoms with Gasteiger partial charge in [-0.2, -0.15) is 0 Å². The predicted molar refractivity (Wildman–Crippen MR) is 75.1 cm³/mol. The second kappa shape index (κ2) is 6.09. The van der Waals surface area contributed by atoms with Gasteiger partial charge in [0, 0.05) is 31.2 Å². The molecule has 0 aromatic heterocycles. The summed E-state index contributed by atoms with van der Waals surface area (Å²) in [6, 6.07) is 0.311. The molecule has 112 valence electrons. The Morgan fingerprint density at radius 1 is 1.32 bits per heavy atom. The fourth-order valence-corrected chi connectivity index (χ4v) is 2.51. The Labute approximate surface area is 116 Å². The maximum Gasteiger partial charge on any atom is 0.410 e. The van der Waals surface area contributed by atoms with Gasteiger partial charge in [-0.05, 0) is 41.5 Å². The number of aliphatic hydroxyl groups excluding tert-OH is 1. The van der Waals surface area contributed by atoms with E-state index in [1.165, 1.54) is 0 Å². The third kappa shape index (κ3) is 4.35. The Bertz CT molecular complexity index is 302. The van der Waals surface area contributed by atoms with Crippen LogP contribution in [0.25, 0.3) is 0 Å². The van der Waals surface area contributed by atoms with Crippen LogP contribution in [0, 0.1) is 0 Å². The van der Waals surface area contributed by atoms with Gasteiger partial charge in [0.15, 0.2) is 0 Å². The van der Waals surface area contributed by atoms with E-state index in [1.54, 1.807) is 0 Å². The lowest BCUT2D eigenvalue weighted by Gasteiger charge is -2.46. The van der Waals surface area contributed by atoms with Gasteiger partial charge in [-0.1, -0.05) is 0 Å². The highest BCUT2D eigenvalue weighted by Crippen LogP contribution is 2.21. The van der Waals surface area contributed by atoms with Crippen molar-refractivity contribution < 1.29 is 14.6 Å². The molecule has 0 aromatic rings. The van der Waals surface area contributed by atoms with Crippen molar-refractivity contribution in [1.29, 1.82) is 0 Å². The van der Waals surface area contributed by atoms with E-state index in [2.05, 4.69) is 4.90 Å². The van der Waals surface area contributed by atoms with Crippen LogP contribution in [-0.4, -0.2) is 64.4 Å². The summed E-state index contributed by atoms with van der Waals surface area (Å²) >= 11 is 0. The van der Waals surface area contributed by atoms with Crippen molar-refractivity contribution in [3.05, 3.63) is 0 Å². The topological polar surface area (TPSA) is 53.0 Å². The van der Waals surface area contributed by atoms with Gasteiger partial charge in [-0.25, -0.2) is 4.79 Å². The molecule has 1 fully saturated rings. The Balaban J connectivity index is 2.70. The van der Waals surface area contributed by atoms with Gasteiger partial charge in [0.1, 0.15) is 5.60 Å². The van der Waals surface area contributed by atoms with Crippen LogP contribution in [0.1, 0.15) is 41.5 Å². The summed E-state index contributed by atoms with van der Waals surface area (Å²) in [6.07, 6.45) is -0.246. The number of amides is 1. The van der Waals surface area contributed by atoms with Crippen molar-refractivity contribution in [3.63, 3.8) is 0 Å². The number of piperazine rings is 1. The first-order valence-corrected chi connectivity index (χ1v) is 7.02. The number of hydrogen-bond acceptors (Lipinski definition) is 4. The summed E-state index contributed by atoms with van der Waals surface area (Å²) in [5.41, 5.74) is -0.466. The number of carbonyl (C=O) groups excluding carboxylic acids is 1. The zero-order valence-corrected chi connectivity index (χ0v) is 13.0. The van der Waals surface area contributed by atoms with Crippen molar-refractivity contribution in [1.82, 2.24) is 9.80 Å². The highest BCUT2D eigenvalue weighted by Gasteiger charge is 2.36. The van der Waals surface area contributed by atoms with Gasteiger partial charge in [0.05, 0.1) is 6.61 Å². The summed E-state index contributed by atoms with van der Waals surface area (Å²) in [4.78, 5) is 16.2. The van der Waals surface area contributed by atoms with Crippen molar-refractivity contribution in [2.24, 2.45) is 0 Å². The average molecular weight is 272 g/mol. The first-order chi connectivity index (χ1) is 8.65. The first-order valence-electron chi connectivity index (χ1n) is 7.02. The molecule has 1 N–H and O–H groups in total. The van der Waals surface area contributed by atoms with E-state index in [0.29, 0.717) is 0 Å². The molecule has 2 unspecified atom stereocenters. The molecule has 1 aliphatic heterocycles. The van der Waals surface area contributed by atoms with E-state index < -0.39 is 5.60 Å². The highest BCUT2D eigenvalue weighted by molar-refractivity contribution is 5.69. The first kappa shape index (κ1) is 16.2. The van der Waals surface area contributed by atoms with Gasteiger partial charge < -0.3 is 14.7 Å². The van der Waals surface area contributed by atoms with Crippen molar-refractivity contribution >= 4 is 6.09 Å². The number of ether oxygens (including phenoxy) is 1. The molecule has 0 saturated carbocycles. The molecular weight excluding hydrogens is 244 g/mol. The monoisotopic (exact) mass is 272 g/mol. The smallest absolute Gasteiger partial charge is 0.410 e. The van der Waals surface area contributed by atoms with Crippen LogP contribution in [-0.2, 0) is 4.74 Å². The minimum atomic E-state index is -0.466. The molecule has 0 aliphatic carbocycles. The predicted octanol–water partition coefficient (Wildman–Crippen LogP) is 1.70. The zero-order chi connectivity index (χ0) is 14.8.